The van der Waals surface area contributed by atoms with E-state index in [4.69, 9.17) is 5.26 Å². The number of hydrogen-bond donors (Lipinski definition) is 1. The van der Waals surface area contributed by atoms with Gasteiger partial charge < -0.3 is 15.1 Å². The van der Waals surface area contributed by atoms with Crippen molar-refractivity contribution < 1.29 is 14.0 Å². The van der Waals surface area contributed by atoms with Crippen molar-refractivity contribution in [3.8, 4) is 6.07 Å². The van der Waals surface area contributed by atoms with Crippen molar-refractivity contribution in [1.29, 1.82) is 5.26 Å². The van der Waals surface area contributed by atoms with E-state index in [0.29, 0.717) is 29.7 Å². The molecule has 1 aliphatic rings. The Labute approximate surface area is 183 Å². The van der Waals surface area contributed by atoms with Crippen LogP contribution >= 0.6 is 15.9 Å². The third-order valence-corrected chi connectivity index (χ3v) is 5.70. The molecule has 1 N–H and O–H groups in total. The molecule has 0 atom stereocenters. The molecular weight excluding hydrogens is 451 g/mol. The molecule has 1 aliphatic heterocycles. The lowest BCUT2D eigenvalue weighted by Crippen LogP contribution is -2.37. The molecule has 0 aliphatic carbocycles. The van der Waals surface area contributed by atoms with Gasteiger partial charge in [0, 0.05) is 49.3 Å². The number of rotatable bonds is 5. The van der Waals surface area contributed by atoms with Gasteiger partial charge in [0.05, 0.1) is 17.2 Å². The second-order valence-corrected chi connectivity index (χ2v) is 7.86. The molecule has 1 fully saturated rings. The lowest BCUT2D eigenvalue weighted by Gasteiger charge is -2.24. The van der Waals surface area contributed by atoms with Crippen molar-refractivity contribution >= 4 is 33.4 Å². The Bertz CT molecular complexity index is 959. The monoisotopic (exact) mass is 472 g/mol. The molecule has 0 unspecified atom stereocenters. The van der Waals surface area contributed by atoms with Gasteiger partial charge in [-0.25, -0.2) is 4.39 Å². The number of carbonyl (C=O) groups is 2. The van der Waals surface area contributed by atoms with E-state index in [2.05, 4.69) is 32.2 Å². The third-order valence-electron chi connectivity index (χ3n) is 5.01. The number of nitrogens with one attached hydrogen (secondary N) is 1. The molecular formula is C22H22BrFN4O2. The number of nitrogens with zero attached hydrogens (tertiary/aromatic N) is 3. The number of nitriles is 1. The largest absolute Gasteiger partial charge is 0.370 e. The van der Waals surface area contributed by atoms with Gasteiger partial charge in [-0.1, -0.05) is 0 Å². The maximum Gasteiger partial charge on any atom is 0.252 e. The highest BCUT2D eigenvalue weighted by Crippen LogP contribution is 2.19. The summed E-state index contributed by atoms with van der Waals surface area (Å²) in [5.74, 6) is -0.928. The molecule has 1 saturated heterocycles. The highest BCUT2D eigenvalue weighted by atomic mass is 79.9. The smallest absolute Gasteiger partial charge is 0.252 e. The van der Waals surface area contributed by atoms with E-state index in [9.17, 15) is 14.0 Å². The molecule has 0 aromatic heterocycles. The molecule has 8 heteroatoms. The topological polar surface area (TPSA) is 76.4 Å². The van der Waals surface area contributed by atoms with E-state index >= 15 is 0 Å². The summed E-state index contributed by atoms with van der Waals surface area (Å²) in [5.41, 5.74) is 1.87. The number of hydrogen-bond acceptors (Lipinski definition) is 4. The summed E-state index contributed by atoms with van der Waals surface area (Å²) in [5, 5.41) is 11.6. The van der Waals surface area contributed by atoms with Crippen LogP contribution in [0.25, 0.3) is 0 Å². The Kier molecular flexibility index (Phi) is 7.41. The number of halogens is 2. The first-order valence-corrected chi connectivity index (χ1v) is 10.5. The van der Waals surface area contributed by atoms with Crippen molar-refractivity contribution in [3.63, 3.8) is 0 Å². The zero-order valence-electron chi connectivity index (χ0n) is 16.4. The van der Waals surface area contributed by atoms with E-state index < -0.39 is 11.7 Å². The van der Waals surface area contributed by atoms with Crippen molar-refractivity contribution in [2.75, 3.05) is 37.6 Å². The van der Waals surface area contributed by atoms with Crippen LogP contribution < -0.4 is 10.2 Å². The molecule has 0 spiro atoms. The van der Waals surface area contributed by atoms with Crippen LogP contribution in [0.5, 0.6) is 0 Å². The Balaban J connectivity index is 1.48. The van der Waals surface area contributed by atoms with Gasteiger partial charge in [-0.05, 0) is 64.8 Å². The van der Waals surface area contributed by atoms with Crippen LogP contribution in [0.15, 0.2) is 46.9 Å². The Morgan fingerprint density at radius 3 is 2.60 bits per heavy atom. The van der Waals surface area contributed by atoms with Gasteiger partial charge in [0.25, 0.3) is 5.91 Å². The molecule has 30 heavy (non-hydrogen) atoms. The van der Waals surface area contributed by atoms with Crippen molar-refractivity contribution in [2.45, 2.75) is 12.8 Å². The van der Waals surface area contributed by atoms with Crippen molar-refractivity contribution in [3.05, 3.63) is 63.9 Å². The Morgan fingerprint density at radius 1 is 1.10 bits per heavy atom. The molecule has 3 rings (SSSR count). The fraction of sp³-hybridized carbons (Fsp3) is 0.318. The van der Waals surface area contributed by atoms with E-state index in [0.717, 1.165) is 24.7 Å². The average Bonchev–Trinajstić information content (AvgIpc) is 3.01. The zero-order chi connectivity index (χ0) is 21.5. The Hall–Kier alpha value is -2.92. The van der Waals surface area contributed by atoms with Crippen LogP contribution in [0.2, 0.25) is 0 Å². The first-order valence-electron chi connectivity index (χ1n) is 9.74. The van der Waals surface area contributed by atoms with Gasteiger partial charge >= 0.3 is 0 Å². The summed E-state index contributed by atoms with van der Waals surface area (Å²) in [6, 6.07) is 13.5. The third kappa shape index (κ3) is 5.57. The van der Waals surface area contributed by atoms with E-state index in [-0.39, 0.29) is 24.4 Å². The van der Waals surface area contributed by atoms with Gasteiger partial charge in [-0.2, -0.15) is 5.26 Å². The summed E-state index contributed by atoms with van der Waals surface area (Å²) in [4.78, 5) is 28.8. The second-order valence-electron chi connectivity index (χ2n) is 7.01. The average molecular weight is 473 g/mol. The fourth-order valence-electron chi connectivity index (χ4n) is 3.38. The van der Waals surface area contributed by atoms with Gasteiger partial charge in [0.1, 0.15) is 5.82 Å². The summed E-state index contributed by atoms with van der Waals surface area (Å²) in [6.45, 7) is 2.99. The van der Waals surface area contributed by atoms with Crippen LogP contribution in [-0.2, 0) is 4.79 Å². The Morgan fingerprint density at radius 2 is 1.87 bits per heavy atom. The quantitative estimate of drug-likeness (QED) is 0.723. The molecule has 0 radical (unpaired) electrons. The lowest BCUT2D eigenvalue weighted by atomic mass is 10.2. The van der Waals surface area contributed by atoms with Crippen LogP contribution in [0.3, 0.4) is 0 Å². The first kappa shape index (κ1) is 21.8. The minimum absolute atomic E-state index is 0.0183. The minimum Gasteiger partial charge on any atom is -0.370 e. The highest BCUT2D eigenvalue weighted by Gasteiger charge is 2.19. The van der Waals surface area contributed by atoms with E-state index in [1.807, 2.05) is 17.0 Å². The standard InChI is InChI=1S/C22H22BrFN4O2/c23-20-7-4-17(24)14-19(20)22(30)26-9-8-21(29)28-11-1-10-27(12-13-28)18-5-2-16(15-25)3-6-18/h2-7,14H,1,8-13H2,(H,26,30). The number of amides is 2. The normalized spacial score (nSPS) is 14.0. The molecule has 2 aromatic rings. The first-order chi connectivity index (χ1) is 14.5. The zero-order valence-corrected chi connectivity index (χ0v) is 18.0. The predicted octanol–water partition coefficient (Wildman–Crippen LogP) is 3.32. The van der Waals surface area contributed by atoms with E-state index in [1.54, 1.807) is 12.1 Å². The van der Waals surface area contributed by atoms with Gasteiger partial charge in [0.2, 0.25) is 5.91 Å². The predicted molar refractivity (Wildman–Crippen MR) is 116 cm³/mol. The maximum atomic E-state index is 13.4. The SMILES string of the molecule is N#Cc1ccc(N2CCCN(C(=O)CCNC(=O)c3cc(F)ccc3Br)CC2)cc1. The maximum absolute atomic E-state index is 13.4. The van der Waals surface area contributed by atoms with Crippen LogP contribution in [0.4, 0.5) is 10.1 Å². The fourth-order valence-corrected chi connectivity index (χ4v) is 3.81. The highest BCUT2D eigenvalue weighted by molar-refractivity contribution is 9.10. The van der Waals surface area contributed by atoms with Gasteiger partial charge in [-0.3, -0.25) is 9.59 Å². The number of carbonyl (C=O) groups excluding carboxylic acids is 2. The molecule has 1 heterocycles. The van der Waals surface area contributed by atoms with Crippen LogP contribution in [-0.4, -0.2) is 49.4 Å². The molecule has 2 amide bonds. The summed E-state index contributed by atoms with van der Waals surface area (Å²) >= 11 is 3.23. The molecule has 156 valence electrons. The number of anilines is 1. The van der Waals surface area contributed by atoms with Crippen molar-refractivity contribution in [2.24, 2.45) is 0 Å². The molecule has 6 nitrogen and oxygen atoms in total. The van der Waals surface area contributed by atoms with Crippen molar-refractivity contribution in [1.82, 2.24) is 10.2 Å². The summed E-state index contributed by atoms with van der Waals surface area (Å²) in [7, 11) is 0. The van der Waals surface area contributed by atoms with Crippen LogP contribution in [0.1, 0.15) is 28.8 Å². The van der Waals surface area contributed by atoms with Crippen LogP contribution in [0, 0.1) is 17.1 Å². The van der Waals surface area contributed by atoms with Gasteiger partial charge in [-0.15, -0.1) is 0 Å². The minimum atomic E-state index is -0.490. The molecule has 2 aromatic carbocycles. The summed E-state index contributed by atoms with van der Waals surface area (Å²) < 4.78 is 13.9. The molecule has 0 saturated carbocycles. The lowest BCUT2D eigenvalue weighted by molar-refractivity contribution is -0.130. The van der Waals surface area contributed by atoms with Gasteiger partial charge in [0.15, 0.2) is 0 Å². The summed E-state index contributed by atoms with van der Waals surface area (Å²) in [6.07, 6.45) is 1.03. The van der Waals surface area contributed by atoms with E-state index in [1.165, 1.54) is 12.1 Å². The molecule has 0 bridgehead atoms. The number of benzene rings is 2. The second kappa shape index (κ2) is 10.2.